The van der Waals surface area contributed by atoms with E-state index in [9.17, 15) is 18.0 Å². The van der Waals surface area contributed by atoms with Gasteiger partial charge in [-0.15, -0.1) is 0 Å². The molecule has 0 radical (unpaired) electrons. The molecule has 2 aromatic heterocycles. The normalized spacial score (nSPS) is 14.7. The molecule has 2 aromatic carbocycles. The number of fused-ring (bicyclic) bond motifs is 1. The lowest BCUT2D eigenvalue weighted by Crippen LogP contribution is -2.26. The number of benzene rings is 2. The SMILES string of the molecule is C[C@@H](Nc1nc(NC2CC2)ncc1C(F)(F)F)c1cc2cccc(Cl)c2c(=O)n1-c1ccccc1. The summed E-state index contributed by atoms with van der Waals surface area (Å²) in [4.78, 5) is 21.5. The number of para-hydroxylation sites is 1. The summed E-state index contributed by atoms with van der Waals surface area (Å²) in [6.07, 6.45) is -2.04. The minimum absolute atomic E-state index is 0.126. The topological polar surface area (TPSA) is 71.8 Å². The number of aromatic nitrogens is 3. The van der Waals surface area contributed by atoms with Crippen LogP contribution in [-0.2, 0) is 6.18 Å². The Balaban J connectivity index is 1.64. The van der Waals surface area contributed by atoms with Crippen LogP contribution in [0.3, 0.4) is 0 Å². The van der Waals surface area contributed by atoms with Crippen molar-refractivity contribution in [2.75, 3.05) is 10.6 Å². The van der Waals surface area contributed by atoms with Crippen LogP contribution < -0.4 is 16.2 Å². The van der Waals surface area contributed by atoms with Crippen molar-refractivity contribution in [2.45, 2.75) is 38.0 Å². The molecule has 1 fully saturated rings. The molecule has 180 valence electrons. The number of rotatable bonds is 6. The lowest BCUT2D eigenvalue weighted by atomic mass is 10.1. The standard InChI is InChI=1S/C25H21ClF3N5O/c1-14(31-22-18(25(27,28)29)13-30-24(33-22)32-16-10-11-16)20-12-15-6-5-9-19(26)21(15)23(35)34(20)17-7-3-2-4-8-17/h2-9,12-14,16H,10-11H2,1H3,(H2,30,31,32,33)/t14-/m1/s1. The van der Waals surface area contributed by atoms with E-state index in [-0.39, 0.29) is 23.4 Å². The Morgan fingerprint density at radius 3 is 2.54 bits per heavy atom. The second-order valence-electron chi connectivity index (χ2n) is 8.49. The first-order valence-corrected chi connectivity index (χ1v) is 11.5. The summed E-state index contributed by atoms with van der Waals surface area (Å²) < 4.78 is 42.7. The largest absolute Gasteiger partial charge is 0.421 e. The molecule has 0 aliphatic heterocycles. The number of hydrogen-bond acceptors (Lipinski definition) is 5. The molecule has 1 atom stereocenters. The van der Waals surface area contributed by atoms with Crippen molar-refractivity contribution >= 4 is 34.1 Å². The molecule has 35 heavy (non-hydrogen) atoms. The van der Waals surface area contributed by atoms with E-state index in [1.807, 2.05) is 6.07 Å². The molecule has 5 rings (SSSR count). The highest BCUT2D eigenvalue weighted by atomic mass is 35.5. The van der Waals surface area contributed by atoms with Crippen LogP contribution in [0.5, 0.6) is 0 Å². The van der Waals surface area contributed by atoms with Gasteiger partial charge in [-0.1, -0.05) is 41.9 Å². The minimum atomic E-state index is -4.66. The Morgan fingerprint density at radius 2 is 1.86 bits per heavy atom. The van der Waals surface area contributed by atoms with E-state index in [1.54, 1.807) is 55.5 Å². The van der Waals surface area contributed by atoms with E-state index in [0.29, 0.717) is 27.2 Å². The summed E-state index contributed by atoms with van der Waals surface area (Å²) >= 11 is 6.34. The van der Waals surface area contributed by atoms with Crippen molar-refractivity contribution in [3.63, 3.8) is 0 Å². The van der Waals surface area contributed by atoms with E-state index < -0.39 is 17.8 Å². The third-order valence-electron chi connectivity index (χ3n) is 5.84. The zero-order chi connectivity index (χ0) is 24.7. The highest BCUT2D eigenvalue weighted by molar-refractivity contribution is 6.35. The lowest BCUT2D eigenvalue weighted by Gasteiger charge is -2.23. The average Bonchev–Trinajstić information content (AvgIpc) is 3.63. The van der Waals surface area contributed by atoms with Gasteiger partial charge in [-0.3, -0.25) is 9.36 Å². The first-order chi connectivity index (χ1) is 16.7. The fourth-order valence-corrected chi connectivity index (χ4v) is 4.22. The molecule has 1 saturated carbocycles. The molecule has 1 aliphatic rings. The van der Waals surface area contributed by atoms with E-state index in [1.165, 1.54) is 4.57 Å². The number of anilines is 2. The van der Waals surface area contributed by atoms with Gasteiger partial charge in [-0.2, -0.15) is 18.2 Å². The molecule has 6 nitrogen and oxygen atoms in total. The smallest absolute Gasteiger partial charge is 0.361 e. The van der Waals surface area contributed by atoms with Gasteiger partial charge in [0.1, 0.15) is 11.4 Å². The minimum Gasteiger partial charge on any atom is -0.361 e. The van der Waals surface area contributed by atoms with Crippen LogP contribution in [0.4, 0.5) is 24.9 Å². The van der Waals surface area contributed by atoms with Crippen molar-refractivity contribution in [2.24, 2.45) is 0 Å². The second kappa shape index (κ2) is 8.88. The molecular weight excluding hydrogens is 479 g/mol. The zero-order valence-corrected chi connectivity index (χ0v) is 19.4. The van der Waals surface area contributed by atoms with Gasteiger partial charge in [0.2, 0.25) is 5.95 Å². The summed E-state index contributed by atoms with van der Waals surface area (Å²) in [5.41, 5.74) is -0.321. The van der Waals surface area contributed by atoms with E-state index in [0.717, 1.165) is 19.0 Å². The number of pyridine rings is 1. The number of alkyl halides is 3. The van der Waals surface area contributed by atoms with Gasteiger partial charge in [-0.25, -0.2) is 4.98 Å². The Hall–Kier alpha value is -3.59. The summed E-state index contributed by atoms with van der Waals surface area (Å²) in [6.45, 7) is 1.68. The molecule has 2 heterocycles. The summed E-state index contributed by atoms with van der Waals surface area (Å²) in [5.74, 6) is -0.234. The third-order valence-corrected chi connectivity index (χ3v) is 6.16. The van der Waals surface area contributed by atoms with Gasteiger partial charge in [0.25, 0.3) is 5.56 Å². The van der Waals surface area contributed by atoms with Gasteiger partial charge in [0, 0.05) is 23.6 Å². The Labute approximate surface area is 203 Å². The fourth-order valence-electron chi connectivity index (χ4n) is 3.96. The maximum absolute atomic E-state index is 13.8. The van der Waals surface area contributed by atoms with Crippen LogP contribution in [0.2, 0.25) is 5.02 Å². The molecule has 4 aromatic rings. The second-order valence-corrected chi connectivity index (χ2v) is 8.89. The monoisotopic (exact) mass is 499 g/mol. The van der Waals surface area contributed by atoms with Crippen molar-refractivity contribution < 1.29 is 13.2 Å². The Kier molecular flexibility index (Phi) is 5.88. The number of nitrogens with one attached hydrogen (secondary N) is 2. The molecule has 0 unspecified atom stereocenters. The van der Waals surface area contributed by atoms with Crippen LogP contribution >= 0.6 is 11.6 Å². The third kappa shape index (κ3) is 4.68. The van der Waals surface area contributed by atoms with Crippen molar-refractivity contribution in [3.05, 3.63) is 87.4 Å². The average molecular weight is 500 g/mol. The Morgan fingerprint density at radius 1 is 1.11 bits per heavy atom. The van der Waals surface area contributed by atoms with E-state index in [2.05, 4.69) is 20.6 Å². The quantitative estimate of drug-likeness (QED) is 0.330. The van der Waals surface area contributed by atoms with Crippen molar-refractivity contribution in [1.29, 1.82) is 0 Å². The number of nitrogens with zero attached hydrogens (tertiary/aromatic N) is 3. The molecule has 2 N–H and O–H groups in total. The molecule has 10 heteroatoms. The molecule has 0 bridgehead atoms. The van der Waals surface area contributed by atoms with Gasteiger partial charge < -0.3 is 10.6 Å². The highest BCUT2D eigenvalue weighted by Crippen LogP contribution is 2.36. The van der Waals surface area contributed by atoms with Crippen molar-refractivity contribution in [3.8, 4) is 5.69 Å². The molecule has 1 aliphatic carbocycles. The van der Waals surface area contributed by atoms with Crippen LogP contribution in [0, 0.1) is 0 Å². The van der Waals surface area contributed by atoms with Gasteiger partial charge in [0.05, 0.1) is 16.5 Å². The zero-order valence-electron chi connectivity index (χ0n) is 18.6. The van der Waals surface area contributed by atoms with E-state index >= 15 is 0 Å². The molecule has 0 amide bonds. The summed E-state index contributed by atoms with van der Waals surface area (Å²) in [6, 6.07) is 15.2. The van der Waals surface area contributed by atoms with Gasteiger partial charge in [-0.05, 0) is 49.4 Å². The lowest BCUT2D eigenvalue weighted by molar-refractivity contribution is -0.137. The van der Waals surface area contributed by atoms with Crippen LogP contribution in [-0.4, -0.2) is 20.6 Å². The maximum Gasteiger partial charge on any atom is 0.421 e. The molecular formula is C25H21ClF3N5O. The summed E-state index contributed by atoms with van der Waals surface area (Å²) in [7, 11) is 0. The van der Waals surface area contributed by atoms with Gasteiger partial charge in [0.15, 0.2) is 0 Å². The summed E-state index contributed by atoms with van der Waals surface area (Å²) in [5, 5.41) is 7.13. The predicted octanol–water partition coefficient (Wildman–Crippen LogP) is 6.20. The molecule has 0 saturated heterocycles. The number of halogens is 4. The van der Waals surface area contributed by atoms with Crippen LogP contribution in [0.15, 0.2) is 65.6 Å². The fraction of sp³-hybridized carbons (Fsp3) is 0.240. The highest BCUT2D eigenvalue weighted by Gasteiger charge is 2.36. The van der Waals surface area contributed by atoms with Crippen LogP contribution in [0.1, 0.15) is 37.1 Å². The first kappa shape index (κ1) is 23.2. The Bertz CT molecular complexity index is 1450. The van der Waals surface area contributed by atoms with Crippen LogP contribution in [0.25, 0.3) is 16.5 Å². The molecule has 0 spiro atoms. The van der Waals surface area contributed by atoms with E-state index in [4.69, 9.17) is 11.6 Å². The van der Waals surface area contributed by atoms with Gasteiger partial charge >= 0.3 is 6.18 Å². The van der Waals surface area contributed by atoms with Crippen molar-refractivity contribution in [1.82, 2.24) is 14.5 Å². The first-order valence-electron chi connectivity index (χ1n) is 11.1. The maximum atomic E-state index is 13.8. The number of hydrogen-bond donors (Lipinski definition) is 2. The predicted molar refractivity (Wildman–Crippen MR) is 130 cm³/mol.